The van der Waals surface area contributed by atoms with E-state index in [1.165, 1.54) is 11.0 Å². The second kappa shape index (κ2) is 8.27. The van der Waals surface area contributed by atoms with E-state index < -0.39 is 5.54 Å². The first-order valence-electron chi connectivity index (χ1n) is 10.4. The number of carbonyl (C=O) groups is 1. The Morgan fingerprint density at radius 1 is 0.906 bits per heavy atom. The summed E-state index contributed by atoms with van der Waals surface area (Å²) in [5.74, 6) is -0.385. The van der Waals surface area contributed by atoms with Crippen LogP contribution in [0.5, 0.6) is 11.5 Å². The van der Waals surface area contributed by atoms with Gasteiger partial charge in [-0.15, -0.1) is 0 Å². The number of aromatic hydroxyl groups is 2. The van der Waals surface area contributed by atoms with Crippen molar-refractivity contribution in [1.29, 1.82) is 0 Å². The second-order valence-electron chi connectivity index (χ2n) is 8.21. The molecule has 1 unspecified atom stereocenters. The lowest BCUT2D eigenvalue weighted by Crippen LogP contribution is -2.32. The average molecular weight is 427 g/mol. The molecular formula is C27H26N2O3. The number of phenolic OH excluding ortho intramolecular Hbond substituents is 2. The van der Waals surface area contributed by atoms with E-state index in [0.717, 1.165) is 27.6 Å². The number of hydrogen-bond donors (Lipinski definition) is 2. The van der Waals surface area contributed by atoms with E-state index in [9.17, 15) is 15.0 Å². The minimum Gasteiger partial charge on any atom is -0.504 e. The van der Waals surface area contributed by atoms with Crippen LogP contribution < -0.4 is 0 Å². The van der Waals surface area contributed by atoms with Gasteiger partial charge in [0.15, 0.2) is 11.5 Å². The number of fused-ring (bicyclic) bond motifs is 1. The molecule has 3 aromatic carbocycles. The van der Waals surface area contributed by atoms with Gasteiger partial charge in [0, 0.05) is 31.9 Å². The molecule has 0 fully saturated rings. The second-order valence-corrected chi connectivity index (χ2v) is 8.21. The number of hydrogen-bond acceptors (Lipinski definition) is 3. The molecule has 5 heteroatoms. The summed E-state index contributed by atoms with van der Waals surface area (Å²) in [5.41, 5.74) is 3.15. The summed E-state index contributed by atoms with van der Waals surface area (Å²) in [6.45, 7) is 2.09. The van der Waals surface area contributed by atoms with Gasteiger partial charge in [-0.2, -0.15) is 0 Å². The van der Waals surface area contributed by atoms with E-state index in [1.807, 2.05) is 48.7 Å². The van der Waals surface area contributed by atoms with Crippen LogP contribution in [0.3, 0.4) is 0 Å². The number of rotatable bonds is 5. The molecule has 0 aliphatic heterocycles. The molecule has 0 saturated heterocycles. The van der Waals surface area contributed by atoms with Gasteiger partial charge in [0.2, 0.25) is 5.91 Å². The Kier molecular flexibility index (Phi) is 5.49. The Morgan fingerprint density at radius 2 is 1.59 bits per heavy atom. The maximum absolute atomic E-state index is 11.9. The van der Waals surface area contributed by atoms with Crippen molar-refractivity contribution in [2.75, 3.05) is 14.1 Å². The third-order valence-corrected chi connectivity index (χ3v) is 5.95. The molecule has 0 aliphatic carbocycles. The summed E-state index contributed by atoms with van der Waals surface area (Å²) in [5, 5.41) is 21.2. The molecule has 4 aromatic rings. The Balaban J connectivity index is 1.85. The number of phenols is 2. The van der Waals surface area contributed by atoms with E-state index in [1.54, 1.807) is 32.3 Å². The van der Waals surface area contributed by atoms with Gasteiger partial charge in [0.05, 0.1) is 5.54 Å². The Hall–Kier alpha value is -3.99. The van der Waals surface area contributed by atoms with E-state index in [0.29, 0.717) is 0 Å². The zero-order chi connectivity index (χ0) is 22.9. The van der Waals surface area contributed by atoms with Crippen molar-refractivity contribution in [2.24, 2.45) is 0 Å². The normalized spacial score (nSPS) is 13.3. The highest BCUT2D eigenvalue weighted by Gasteiger charge is 2.32. The molecule has 0 spiro atoms. The quantitative estimate of drug-likeness (QED) is 0.350. The Bertz CT molecular complexity index is 1300. The van der Waals surface area contributed by atoms with Crippen molar-refractivity contribution in [2.45, 2.75) is 12.5 Å². The molecule has 4 rings (SSSR count). The van der Waals surface area contributed by atoms with Gasteiger partial charge in [-0.1, -0.05) is 48.5 Å². The monoisotopic (exact) mass is 426 g/mol. The molecule has 1 aromatic heterocycles. The summed E-state index contributed by atoms with van der Waals surface area (Å²) in [4.78, 5) is 13.4. The van der Waals surface area contributed by atoms with Crippen LogP contribution in [-0.2, 0) is 10.3 Å². The van der Waals surface area contributed by atoms with Crippen molar-refractivity contribution in [3.8, 4) is 11.5 Å². The van der Waals surface area contributed by atoms with Crippen LogP contribution in [0.25, 0.3) is 17.0 Å². The summed E-state index contributed by atoms with van der Waals surface area (Å²) in [7, 11) is 3.44. The van der Waals surface area contributed by atoms with E-state index in [-0.39, 0.29) is 17.4 Å². The van der Waals surface area contributed by atoms with Gasteiger partial charge in [0.1, 0.15) is 0 Å². The molecular weight excluding hydrogens is 400 g/mol. The van der Waals surface area contributed by atoms with Crippen molar-refractivity contribution < 1.29 is 15.0 Å². The van der Waals surface area contributed by atoms with Crippen LogP contribution in [0.15, 0.2) is 85.1 Å². The zero-order valence-corrected chi connectivity index (χ0v) is 18.4. The summed E-state index contributed by atoms with van der Waals surface area (Å²) in [6.07, 6.45) is 5.38. The zero-order valence-electron chi connectivity index (χ0n) is 18.4. The fraction of sp³-hybridized carbons (Fsp3) is 0.148. The Labute approximate surface area is 187 Å². The topological polar surface area (TPSA) is 65.7 Å². The summed E-state index contributed by atoms with van der Waals surface area (Å²) < 4.78 is 2.18. The lowest BCUT2D eigenvalue weighted by atomic mass is 9.83. The molecule has 1 amide bonds. The number of aromatic nitrogens is 1. The van der Waals surface area contributed by atoms with Crippen molar-refractivity contribution >= 4 is 22.9 Å². The number of carbonyl (C=O) groups excluding carboxylic acids is 1. The van der Waals surface area contributed by atoms with Crippen LogP contribution in [0, 0.1) is 0 Å². The molecule has 0 radical (unpaired) electrons. The lowest BCUT2D eigenvalue weighted by Gasteiger charge is -2.34. The highest BCUT2D eigenvalue weighted by atomic mass is 16.3. The van der Waals surface area contributed by atoms with Crippen molar-refractivity contribution in [1.82, 2.24) is 9.47 Å². The lowest BCUT2D eigenvalue weighted by molar-refractivity contribution is -0.123. The highest BCUT2D eigenvalue weighted by Crippen LogP contribution is 2.40. The van der Waals surface area contributed by atoms with Gasteiger partial charge >= 0.3 is 0 Å². The maximum atomic E-state index is 11.9. The maximum Gasteiger partial charge on any atom is 0.246 e. The van der Waals surface area contributed by atoms with Gasteiger partial charge < -0.3 is 19.7 Å². The third-order valence-electron chi connectivity index (χ3n) is 5.95. The molecule has 162 valence electrons. The molecule has 32 heavy (non-hydrogen) atoms. The molecule has 1 atom stereocenters. The minimum atomic E-state index is -0.657. The molecule has 0 bridgehead atoms. The third kappa shape index (κ3) is 3.73. The molecule has 0 aliphatic rings. The molecule has 1 heterocycles. The van der Waals surface area contributed by atoms with Crippen LogP contribution in [0.1, 0.15) is 23.6 Å². The fourth-order valence-corrected chi connectivity index (χ4v) is 3.98. The molecule has 0 saturated carbocycles. The summed E-state index contributed by atoms with van der Waals surface area (Å²) in [6, 6.07) is 23.1. The van der Waals surface area contributed by atoms with Crippen LogP contribution in [0.2, 0.25) is 0 Å². The SMILES string of the molecule is CN(C)C(=O)C=Cc1ccc(C(C)(c2ccc(O)c(O)c2)n2ccc3ccccc32)cc1. The number of nitrogens with zero attached hydrogens (tertiary/aromatic N) is 2. The predicted octanol–water partition coefficient (Wildman–Crippen LogP) is 4.97. The number of para-hydroxylation sites is 1. The highest BCUT2D eigenvalue weighted by molar-refractivity contribution is 5.91. The van der Waals surface area contributed by atoms with Crippen LogP contribution in [0.4, 0.5) is 0 Å². The number of amides is 1. The standard InChI is InChI=1S/C27H26N2O3/c1-27(22-13-14-24(30)25(31)18-22,29-17-16-20-6-4-5-7-23(20)29)21-11-8-19(9-12-21)10-15-26(32)28(2)3/h4-18,30-31H,1-3H3. The minimum absolute atomic E-state index is 0.0719. The predicted molar refractivity (Wildman–Crippen MR) is 128 cm³/mol. The number of likely N-dealkylation sites (N-methyl/N-ethyl adjacent to an activating group) is 1. The van der Waals surface area contributed by atoms with Crippen LogP contribution >= 0.6 is 0 Å². The molecule has 2 N–H and O–H groups in total. The van der Waals surface area contributed by atoms with Crippen LogP contribution in [-0.4, -0.2) is 39.7 Å². The molecule has 5 nitrogen and oxygen atoms in total. The van der Waals surface area contributed by atoms with Gasteiger partial charge in [0.25, 0.3) is 0 Å². The van der Waals surface area contributed by atoms with E-state index in [4.69, 9.17) is 0 Å². The van der Waals surface area contributed by atoms with E-state index in [2.05, 4.69) is 29.7 Å². The Morgan fingerprint density at radius 3 is 2.28 bits per heavy atom. The first-order chi connectivity index (χ1) is 15.3. The first kappa shape index (κ1) is 21.2. The first-order valence-corrected chi connectivity index (χ1v) is 10.4. The van der Waals surface area contributed by atoms with Crippen molar-refractivity contribution in [3.05, 3.63) is 102 Å². The fourth-order valence-electron chi connectivity index (χ4n) is 3.98. The van der Waals surface area contributed by atoms with Gasteiger partial charge in [-0.3, -0.25) is 4.79 Å². The van der Waals surface area contributed by atoms with Gasteiger partial charge in [-0.25, -0.2) is 0 Å². The smallest absolute Gasteiger partial charge is 0.246 e. The average Bonchev–Trinajstić information content (AvgIpc) is 3.23. The van der Waals surface area contributed by atoms with Crippen molar-refractivity contribution in [3.63, 3.8) is 0 Å². The number of benzene rings is 3. The van der Waals surface area contributed by atoms with Gasteiger partial charge in [-0.05, 0) is 59.3 Å². The largest absolute Gasteiger partial charge is 0.504 e. The summed E-state index contributed by atoms with van der Waals surface area (Å²) >= 11 is 0. The van der Waals surface area contributed by atoms with E-state index >= 15 is 0 Å².